The number of aromatic amines is 1. The highest BCUT2D eigenvalue weighted by atomic mass is 79.9. The summed E-state index contributed by atoms with van der Waals surface area (Å²) in [5.74, 6) is 0. The summed E-state index contributed by atoms with van der Waals surface area (Å²) in [7, 11) is 0. The highest BCUT2D eigenvalue weighted by Crippen LogP contribution is 2.31. The first-order chi connectivity index (χ1) is 5.84. The van der Waals surface area contributed by atoms with Crippen molar-refractivity contribution in [2.75, 3.05) is 0 Å². The van der Waals surface area contributed by atoms with Crippen LogP contribution in [0.15, 0.2) is 15.5 Å². The molecule has 1 aromatic heterocycles. The number of pyridine rings is 1. The van der Waals surface area contributed by atoms with Gasteiger partial charge in [0, 0.05) is 10.7 Å². The maximum Gasteiger partial charge on any atom is 0.421 e. The molecule has 1 rings (SSSR count). The summed E-state index contributed by atoms with van der Waals surface area (Å²) in [5.41, 5.74) is -2.37. The average Bonchev–Trinajstić information content (AvgIpc) is 1.95. The van der Waals surface area contributed by atoms with Gasteiger partial charge in [0.2, 0.25) is 0 Å². The minimum Gasteiger partial charge on any atom is -0.327 e. The zero-order valence-electron chi connectivity index (χ0n) is 6.50. The predicted octanol–water partition coefficient (Wildman–Crippen LogP) is 2.46. The number of aromatic nitrogens is 1. The molecule has 0 aliphatic rings. The molecule has 1 N–H and O–H groups in total. The average molecular weight is 256 g/mol. The number of nitrogens with one attached hydrogen (secondary N) is 1. The van der Waals surface area contributed by atoms with E-state index in [1.54, 1.807) is 0 Å². The van der Waals surface area contributed by atoms with Crippen LogP contribution in [0.2, 0.25) is 0 Å². The van der Waals surface area contributed by atoms with E-state index in [0.717, 1.165) is 0 Å². The fourth-order valence-electron chi connectivity index (χ4n) is 0.940. The van der Waals surface area contributed by atoms with Gasteiger partial charge >= 0.3 is 6.18 Å². The van der Waals surface area contributed by atoms with Crippen molar-refractivity contribution in [3.05, 3.63) is 32.2 Å². The molecule has 0 unspecified atom stereocenters. The second-order valence-electron chi connectivity index (χ2n) is 2.46. The van der Waals surface area contributed by atoms with Crippen molar-refractivity contribution in [2.45, 2.75) is 13.1 Å². The number of rotatable bonds is 0. The first-order valence-electron chi connectivity index (χ1n) is 3.29. The highest BCUT2D eigenvalue weighted by Gasteiger charge is 2.36. The van der Waals surface area contributed by atoms with Crippen LogP contribution in [0.5, 0.6) is 0 Å². The van der Waals surface area contributed by atoms with Gasteiger partial charge in [-0.3, -0.25) is 4.79 Å². The molecule has 6 heteroatoms. The number of hydrogen-bond donors (Lipinski definition) is 1. The molecule has 0 aliphatic heterocycles. The Hall–Kier alpha value is -0.780. The minimum absolute atomic E-state index is 0.101. The van der Waals surface area contributed by atoms with Gasteiger partial charge in [0.05, 0.1) is 0 Å². The molecule has 0 amide bonds. The molecule has 0 bridgehead atoms. The fourth-order valence-corrected chi connectivity index (χ4v) is 1.25. The van der Waals surface area contributed by atoms with Gasteiger partial charge in [-0.05, 0) is 28.4 Å². The molecular formula is C7H5BrF3NO. The van der Waals surface area contributed by atoms with Gasteiger partial charge < -0.3 is 4.98 Å². The molecule has 13 heavy (non-hydrogen) atoms. The largest absolute Gasteiger partial charge is 0.421 e. The maximum atomic E-state index is 12.2. The molecule has 1 aromatic rings. The SMILES string of the molecule is Cc1c(Br)c[nH]c(=O)c1C(F)(F)F. The smallest absolute Gasteiger partial charge is 0.327 e. The molecule has 72 valence electrons. The van der Waals surface area contributed by atoms with E-state index in [0.29, 0.717) is 0 Å². The third kappa shape index (κ3) is 1.93. The van der Waals surface area contributed by atoms with Crippen molar-refractivity contribution in [3.63, 3.8) is 0 Å². The molecule has 0 atom stereocenters. The van der Waals surface area contributed by atoms with Crippen LogP contribution in [0.25, 0.3) is 0 Å². The number of alkyl halides is 3. The first kappa shape index (κ1) is 10.3. The fraction of sp³-hybridized carbons (Fsp3) is 0.286. The van der Waals surface area contributed by atoms with E-state index in [1.165, 1.54) is 13.1 Å². The lowest BCUT2D eigenvalue weighted by Gasteiger charge is -2.09. The molecule has 0 saturated carbocycles. The molecule has 0 aromatic carbocycles. The zero-order valence-corrected chi connectivity index (χ0v) is 8.08. The van der Waals surface area contributed by atoms with Gasteiger partial charge in [-0.25, -0.2) is 0 Å². The van der Waals surface area contributed by atoms with Gasteiger partial charge in [0.1, 0.15) is 5.56 Å². The van der Waals surface area contributed by atoms with Gasteiger partial charge in [-0.2, -0.15) is 13.2 Å². The summed E-state index contributed by atoms with van der Waals surface area (Å²) in [6.07, 6.45) is -3.42. The van der Waals surface area contributed by atoms with E-state index in [2.05, 4.69) is 15.9 Å². The van der Waals surface area contributed by atoms with E-state index < -0.39 is 17.3 Å². The second kappa shape index (κ2) is 3.17. The molecule has 0 spiro atoms. The van der Waals surface area contributed by atoms with Crippen LogP contribution in [0.4, 0.5) is 13.2 Å². The number of H-pyrrole nitrogens is 1. The Labute approximate surface area is 79.9 Å². The molecule has 0 saturated heterocycles. The van der Waals surface area contributed by atoms with Crippen molar-refractivity contribution in [2.24, 2.45) is 0 Å². The van der Waals surface area contributed by atoms with E-state index >= 15 is 0 Å². The summed E-state index contributed by atoms with van der Waals surface area (Å²) in [4.78, 5) is 12.8. The summed E-state index contributed by atoms with van der Waals surface area (Å²) in [5, 5.41) is 0. The van der Waals surface area contributed by atoms with Gasteiger partial charge in [-0.15, -0.1) is 0 Å². The lowest BCUT2D eigenvalue weighted by atomic mass is 10.1. The molecular weight excluding hydrogens is 251 g/mol. The summed E-state index contributed by atoms with van der Waals surface area (Å²) in [6.45, 7) is 1.24. The summed E-state index contributed by atoms with van der Waals surface area (Å²) < 4.78 is 37.0. The minimum atomic E-state index is -4.61. The molecule has 2 nitrogen and oxygen atoms in total. The Morgan fingerprint density at radius 3 is 2.38 bits per heavy atom. The van der Waals surface area contributed by atoms with Crippen LogP contribution in [0.3, 0.4) is 0 Å². The Morgan fingerprint density at radius 1 is 1.46 bits per heavy atom. The third-order valence-electron chi connectivity index (χ3n) is 1.57. The van der Waals surface area contributed by atoms with Crippen molar-refractivity contribution in [3.8, 4) is 0 Å². The van der Waals surface area contributed by atoms with Gasteiger partial charge in [0.25, 0.3) is 5.56 Å². The van der Waals surface area contributed by atoms with Crippen LogP contribution in [-0.4, -0.2) is 4.98 Å². The van der Waals surface area contributed by atoms with E-state index in [1.807, 2.05) is 4.98 Å². The van der Waals surface area contributed by atoms with Crippen LogP contribution in [-0.2, 0) is 6.18 Å². The van der Waals surface area contributed by atoms with Gasteiger partial charge in [0.15, 0.2) is 0 Å². The quantitative estimate of drug-likeness (QED) is 0.759. The van der Waals surface area contributed by atoms with E-state index in [4.69, 9.17) is 0 Å². The van der Waals surface area contributed by atoms with Crippen LogP contribution < -0.4 is 5.56 Å². The molecule has 1 heterocycles. The summed E-state index contributed by atoms with van der Waals surface area (Å²) in [6, 6.07) is 0. The second-order valence-corrected chi connectivity index (χ2v) is 3.32. The predicted molar refractivity (Wildman–Crippen MR) is 44.5 cm³/mol. The molecule has 0 fully saturated rings. The van der Waals surface area contributed by atoms with Crippen molar-refractivity contribution in [1.82, 2.24) is 4.98 Å². The Bertz CT molecular complexity index is 382. The van der Waals surface area contributed by atoms with Gasteiger partial charge in [-0.1, -0.05) is 0 Å². The maximum absolute atomic E-state index is 12.2. The van der Waals surface area contributed by atoms with Crippen LogP contribution in [0.1, 0.15) is 11.1 Å². The topological polar surface area (TPSA) is 32.9 Å². The number of halogens is 4. The van der Waals surface area contributed by atoms with Crippen molar-refractivity contribution in [1.29, 1.82) is 0 Å². The molecule has 0 radical (unpaired) electrons. The molecule has 0 aliphatic carbocycles. The highest BCUT2D eigenvalue weighted by molar-refractivity contribution is 9.10. The lowest BCUT2D eigenvalue weighted by Crippen LogP contribution is -2.23. The first-order valence-corrected chi connectivity index (χ1v) is 4.08. The van der Waals surface area contributed by atoms with Crippen molar-refractivity contribution < 1.29 is 13.2 Å². The Balaban J connectivity index is 3.53. The monoisotopic (exact) mass is 255 g/mol. The van der Waals surface area contributed by atoms with E-state index in [-0.39, 0.29) is 10.0 Å². The normalized spacial score (nSPS) is 11.8. The van der Waals surface area contributed by atoms with Crippen molar-refractivity contribution >= 4 is 15.9 Å². The zero-order chi connectivity index (χ0) is 10.2. The summed E-state index contributed by atoms with van der Waals surface area (Å²) >= 11 is 2.90. The number of hydrogen-bond acceptors (Lipinski definition) is 1. The Kier molecular flexibility index (Phi) is 2.51. The third-order valence-corrected chi connectivity index (χ3v) is 2.40. The van der Waals surface area contributed by atoms with Crippen LogP contribution in [0, 0.1) is 6.92 Å². The lowest BCUT2D eigenvalue weighted by molar-refractivity contribution is -0.139. The standard InChI is InChI=1S/C7H5BrF3NO/c1-3-4(8)2-12-6(13)5(3)7(9,10)11/h2H,1H3,(H,12,13). The van der Waals surface area contributed by atoms with E-state index in [9.17, 15) is 18.0 Å². The van der Waals surface area contributed by atoms with Crippen LogP contribution >= 0.6 is 15.9 Å². The Morgan fingerprint density at radius 2 is 2.00 bits per heavy atom.